The number of thioether (sulfide) groups is 1. The van der Waals surface area contributed by atoms with E-state index in [2.05, 4.69) is 38.1 Å². The Balaban J connectivity index is 1.72. The average molecular weight is 445 g/mol. The van der Waals surface area contributed by atoms with Crippen molar-refractivity contribution in [2.75, 3.05) is 7.11 Å². The second-order valence-corrected chi connectivity index (χ2v) is 8.74. The Morgan fingerprint density at radius 1 is 0.938 bits per heavy atom. The fraction of sp³-hybridized carbons (Fsp3) is 0.148. The normalized spacial score (nSPS) is 10.8. The van der Waals surface area contributed by atoms with Gasteiger partial charge in [-0.1, -0.05) is 30.3 Å². The van der Waals surface area contributed by atoms with Gasteiger partial charge in [-0.05, 0) is 67.4 Å². The molecule has 0 amide bonds. The van der Waals surface area contributed by atoms with Gasteiger partial charge in [-0.2, -0.15) is 0 Å². The third-order valence-electron chi connectivity index (χ3n) is 5.15. The summed E-state index contributed by atoms with van der Waals surface area (Å²) in [6, 6.07) is 23.1. The Morgan fingerprint density at radius 3 is 2.31 bits per heavy atom. The minimum Gasteiger partial charge on any atom is -0.497 e. The van der Waals surface area contributed by atoms with Crippen LogP contribution in [0.5, 0.6) is 5.75 Å². The van der Waals surface area contributed by atoms with E-state index in [-0.39, 0.29) is 5.56 Å². The average Bonchev–Trinajstić information content (AvgIpc) is 3.21. The van der Waals surface area contributed by atoms with Gasteiger partial charge < -0.3 is 14.3 Å². The van der Waals surface area contributed by atoms with E-state index >= 15 is 0 Å². The number of aryl methyl sites for hydroxylation is 2. The Labute approximate surface area is 191 Å². The molecule has 5 heteroatoms. The lowest BCUT2D eigenvalue weighted by molar-refractivity contribution is 0.0697. The van der Waals surface area contributed by atoms with E-state index in [4.69, 9.17) is 9.15 Å². The van der Waals surface area contributed by atoms with Crippen LogP contribution in [0, 0.1) is 13.8 Å². The second kappa shape index (κ2) is 9.37. The summed E-state index contributed by atoms with van der Waals surface area (Å²) < 4.78 is 11.7. The van der Waals surface area contributed by atoms with Gasteiger partial charge in [0.15, 0.2) is 0 Å². The molecule has 3 aromatic carbocycles. The first kappa shape index (κ1) is 21.8. The highest BCUT2D eigenvalue weighted by molar-refractivity contribution is 7.98. The number of aromatic carboxylic acids is 1. The number of benzene rings is 3. The molecule has 0 aliphatic rings. The predicted molar refractivity (Wildman–Crippen MR) is 129 cm³/mol. The minimum absolute atomic E-state index is 0.250. The molecule has 32 heavy (non-hydrogen) atoms. The molecule has 4 nitrogen and oxygen atoms in total. The maximum Gasteiger partial charge on any atom is 0.335 e. The van der Waals surface area contributed by atoms with Gasteiger partial charge in [0.1, 0.15) is 17.3 Å². The molecule has 0 atom stereocenters. The van der Waals surface area contributed by atoms with Gasteiger partial charge in [-0.15, -0.1) is 11.8 Å². The van der Waals surface area contributed by atoms with E-state index in [1.54, 1.807) is 43.1 Å². The molecule has 0 aliphatic carbocycles. The SMILES string of the molecule is COc1cccc(-c2cc(CSc3cc(C)cc(C)c3)c(-c3ccc(C(=O)O)cc3)o2)c1. The summed E-state index contributed by atoms with van der Waals surface area (Å²) in [6.07, 6.45) is 0. The first-order valence-corrected chi connectivity index (χ1v) is 11.2. The molecule has 1 N–H and O–H groups in total. The van der Waals surface area contributed by atoms with Crippen molar-refractivity contribution < 1.29 is 19.1 Å². The highest BCUT2D eigenvalue weighted by atomic mass is 32.2. The van der Waals surface area contributed by atoms with E-state index in [0.717, 1.165) is 39.7 Å². The van der Waals surface area contributed by atoms with Crippen molar-refractivity contribution in [1.29, 1.82) is 0 Å². The molecule has 4 rings (SSSR count). The van der Waals surface area contributed by atoms with E-state index in [1.165, 1.54) is 16.0 Å². The van der Waals surface area contributed by atoms with Crippen molar-refractivity contribution >= 4 is 17.7 Å². The summed E-state index contributed by atoms with van der Waals surface area (Å²) in [4.78, 5) is 12.4. The van der Waals surface area contributed by atoms with Gasteiger partial charge in [0.25, 0.3) is 0 Å². The lowest BCUT2D eigenvalue weighted by atomic mass is 10.1. The standard InChI is InChI=1S/C27H24O4S/c1-17-11-18(2)13-24(12-17)32-16-22-15-25(21-5-4-6-23(14-21)30-3)31-26(22)19-7-9-20(10-8-19)27(28)29/h4-15H,16H2,1-3H3,(H,28,29). The Bertz CT molecular complexity index is 1230. The van der Waals surface area contributed by atoms with Crippen molar-refractivity contribution in [2.24, 2.45) is 0 Å². The molecule has 0 aliphatic heterocycles. The molecule has 0 saturated heterocycles. The summed E-state index contributed by atoms with van der Waals surface area (Å²) in [5, 5.41) is 9.22. The second-order valence-electron chi connectivity index (χ2n) is 7.69. The number of furan rings is 1. The summed E-state index contributed by atoms with van der Waals surface area (Å²) >= 11 is 1.76. The lowest BCUT2D eigenvalue weighted by Crippen LogP contribution is -1.95. The zero-order valence-corrected chi connectivity index (χ0v) is 19.0. The molecule has 4 aromatic rings. The van der Waals surface area contributed by atoms with Crippen LogP contribution < -0.4 is 4.74 Å². The topological polar surface area (TPSA) is 59.7 Å². The summed E-state index contributed by atoms with van der Waals surface area (Å²) in [7, 11) is 1.64. The van der Waals surface area contributed by atoms with Crippen molar-refractivity contribution in [2.45, 2.75) is 24.5 Å². The number of carboxylic acids is 1. The fourth-order valence-corrected chi connectivity index (χ4v) is 4.72. The third kappa shape index (κ3) is 4.89. The molecule has 1 aromatic heterocycles. The maximum atomic E-state index is 11.2. The smallest absolute Gasteiger partial charge is 0.335 e. The monoisotopic (exact) mass is 444 g/mol. The molecule has 162 valence electrons. The molecule has 0 radical (unpaired) electrons. The number of rotatable bonds is 7. The van der Waals surface area contributed by atoms with E-state index in [0.29, 0.717) is 0 Å². The minimum atomic E-state index is -0.946. The van der Waals surface area contributed by atoms with Crippen LogP contribution in [0.2, 0.25) is 0 Å². The van der Waals surface area contributed by atoms with Crippen LogP contribution in [0.4, 0.5) is 0 Å². The molecule has 0 saturated carbocycles. The Hall–Kier alpha value is -3.44. The number of ether oxygens (including phenoxy) is 1. The predicted octanol–water partition coefficient (Wildman–Crippen LogP) is 7.23. The zero-order chi connectivity index (χ0) is 22.7. The van der Waals surface area contributed by atoms with Crippen LogP contribution >= 0.6 is 11.8 Å². The molecule has 0 bridgehead atoms. The quantitative estimate of drug-likeness (QED) is 0.305. The summed E-state index contributed by atoms with van der Waals surface area (Å²) in [5.41, 5.74) is 5.55. The molecule has 0 fully saturated rings. The molecule has 0 unspecified atom stereocenters. The van der Waals surface area contributed by atoms with Gasteiger partial charge in [0.2, 0.25) is 0 Å². The summed E-state index contributed by atoms with van der Waals surface area (Å²) in [5.74, 6) is 2.04. The van der Waals surface area contributed by atoms with Crippen LogP contribution in [0.15, 0.2) is 82.1 Å². The Morgan fingerprint density at radius 2 is 1.66 bits per heavy atom. The van der Waals surface area contributed by atoms with Gasteiger partial charge in [-0.25, -0.2) is 4.79 Å². The number of methoxy groups -OCH3 is 1. The van der Waals surface area contributed by atoms with Crippen molar-refractivity contribution in [3.8, 4) is 28.4 Å². The van der Waals surface area contributed by atoms with E-state index < -0.39 is 5.97 Å². The molecule has 0 spiro atoms. The zero-order valence-electron chi connectivity index (χ0n) is 18.2. The molecular formula is C27H24O4S. The van der Waals surface area contributed by atoms with Crippen LogP contribution in [-0.2, 0) is 5.75 Å². The van der Waals surface area contributed by atoms with E-state index in [1.807, 2.05) is 24.3 Å². The first-order chi connectivity index (χ1) is 15.4. The van der Waals surface area contributed by atoms with E-state index in [9.17, 15) is 9.90 Å². The number of hydrogen-bond donors (Lipinski definition) is 1. The molecular weight excluding hydrogens is 420 g/mol. The number of carbonyl (C=O) groups is 1. The largest absolute Gasteiger partial charge is 0.497 e. The van der Waals surface area contributed by atoms with Crippen molar-refractivity contribution in [3.05, 3.63) is 95.1 Å². The number of carboxylic acid groups (broad SMARTS) is 1. The lowest BCUT2D eigenvalue weighted by Gasteiger charge is -2.06. The first-order valence-electron chi connectivity index (χ1n) is 10.2. The third-order valence-corrected chi connectivity index (χ3v) is 6.17. The van der Waals surface area contributed by atoms with Crippen molar-refractivity contribution in [3.63, 3.8) is 0 Å². The van der Waals surface area contributed by atoms with Crippen LogP contribution in [0.3, 0.4) is 0 Å². The van der Waals surface area contributed by atoms with Crippen LogP contribution in [0.1, 0.15) is 27.0 Å². The van der Waals surface area contributed by atoms with Gasteiger partial charge in [0.05, 0.1) is 12.7 Å². The van der Waals surface area contributed by atoms with Gasteiger partial charge in [0, 0.05) is 27.3 Å². The fourth-order valence-electron chi connectivity index (χ4n) is 3.64. The number of hydrogen-bond acceptors (Lipinski definition) is 4. The maximum absolute atomic E-state index is 11.2. The van der Waals surface area contributed by atoms with Crippen LogP contribution in [0.25, 0.3) is 22.6 Å². The van der Waals surface area contributed by atoms with Gasteiger partial charge in [-0.3, -0.25) is 0 Å². The highest BCUT2D eigenvalue weighted by Crippen LogP contribution is 2.37. The summed E-state index contributed by atoms with van der Waals surface area (Å²) in [6.45, 7) is 4.20. The highest BCUT2D eigenvalue weighted by Gasteiger charge is 2.16. The molecule has 1 heterocycles. The van der Waals surface area contributed by atoms with Crippen molar-refractivity contribution in [1.82, 2.24) is 0 Å². The van der Waals surface area contributed by atoms with Gasteiger partial charge >= 0.3 is 5.97 Å². The van der Waals surface area contributed by atoms with Crippen LogP contribution in [-0.4, -0.2) is 18.2 Å². The Kier molecular flexibility index (Phi) is 6.37.